The molecule has 1 aliphatic rings. The summed E-state index contributed by atoms with van der Waals surface area (Å²) in [7, 11) is 1.38. The highest BCUT2D eigenvalue weighted by Gasteiger charge is 2.17. The van der Waals surface area contributed by atoms with Gasteiger partial charge in [0.05, 0.1) is 23.4 Å². The number of carboxylic acids is 1. The molecule has 9 nitrogen and oxygen atoms in total. The van der Waals surface area contributed by atoms with E-state index in [0.717, 1.165) is 37.2 Å². The van der Waals surface area contributed by atoms with Gasteiger partial charge in [0, 0.05) is 31.9 Å². The van der Waals surface area contributed by atoms with Crippen molar-refractivity contribution in [2.24, 2.45) is 15.7 Å². The molecule has 3 rings (SSSR count). The molecule has 1 fully saturated rings. The van der Waals surface area contributed by atoms with Crippen LogP contribution >= 0.6 is 0 Å². The number of nitrogens with two attached hydrogens (primary N) is 1. The maximum Gasteiger partial charge on any atom is 0.350 e. The minimum absolute atomic E-state index is 0.0484. The van der Waals surface area contributed by atoms with Gasteiger partial charge in [-0.1, -0.05) is 6.07 Å². The summed E-state index contributed by atoms with van der Waals surface area (Å²) in [4.78, 5) is 29.5. The van der Waals surface area contributed by atoms with Crippen LogP contribution in [-0.2, 0) is 4.79 Å². The molecule has 0 unspecified atom stereocenters. The van der Waals surface area contributed by atoms with Crippen LogP contribution in [0.15, 0.2) is 40.4 Å². The molecule has 1 aromatic carbocycles. The summed E-state index contributed by atoms with van der Waals surface area (Å²) in [5.74, 6) is -0.988. The van der Waals surface area contributed by atoms with Crippen molar-refractivity contribution in [3.8, 4) is 17.3 Å². The summed E-state index contributed by atoms with van der Waals surface area (Å²) in [6.07, 6.45) is 3.70. The molecule has 1 aromatic heterocycles. The monoisotopic (exact) mass is 391 g/mol. The quantitative estimate of drug-likeness (QED) is 0.567. The van der Waals surface area contributed by atoms with E-state index in [4.69, 9.17) is 10.8 Å². The summed E-state index contributed by atoms with van der Waals surface area (Å²) >= 11 is 0. The van der Waals surface area contributed by atoms with Crippen molar-refractivity contribution in [3.05, 3.63) is 36.0 Å². The number of aliphatic carboxylic acids is 1. The fourth-order valence-corrected chi connectivity index (χ4v) is 3.17. The number of benzene rings is 1. The lowest BCUT2D eigenvalue weighted by Crippen LogP contribution is -2.22. The smallest absolute Gasteiger partial charge is 0.350 e. The second-order valence-electron chi connectivity index (χ2n) is 6.54. The van der Waals surface area contributed by atoms with Crippen molar-refractivity contribution < 1.29 is 9.90 Å². The van der Waals surface area contributed by atoms with Gasteiger partial charge in [0.25, 0.3) is 5.95 Å². The lowest BCUT2D eigenvalue weighted by Gasteiger charge is -2.19. The molecule has 1 saturated heterocycles. The minimum atomic E-state index is -1.15. The zero-order valence-electron chi connectivity index (χ0n) is 16.0. The summed E-state index contributed by atoms with van der Waals surface area (Å²) in [6, 6.07) is 9.65. The van der Waals surface area contributed by atoms with Crippen LogP contribution in [0.25, 0.3) is 11.3 Å². The van der Waals surface area contributed by atoms with Crippen LogP contribution in [0.1, 0.15) is 24.8 Å². The fourth-order valence-electron chi connectivity index (χ4n) is 3.17. The Kier molecular flexibility index (Phi) is 6.14. The van der Waals surface area contributed by atoms with Crippen LogP contribution in [0.5, 0.6) is 0 Å². The summed E-state index contributed by atoms with van der Waals surface area (Å²) < 4.78 is 0. The second kappa shape index (κ2) is 8.93. The Balaban J connectivity index is 1.86. The van der Waals surface area contributed by atoms with Crippen LogP contribution in [0, 0.1) is 11.3 Å². The third-order valence-corrected chi connectivity index (χ3v) is 4.61. The van der Waals surface area contributed by atoms with Gasteiger partial charge in [0.15, 0.2) is 0 Å². The molecule has 29 heavy (non-hydrogen) atoms. The average Bonchev–Trinajstić information content (AvgIpc) is 3.26. The largest absolute Gasteiger partial charge is 0.477 e. The third-order valence-electron chi connectivity index (χ3n) is 4.61. The first-order valence-electron chi connectivity index (χ1n) is 9.16. The molecule has 1 aliphatic heterocycles. The molecule has 2 aromatic rings. The molecule has 9 heteroatoms. The third kappa shape index (κ3) is 4.73. The number of hydrogen-bond donors (Lipinski definition) is 2. The average molecular weight is 391 g/mol. The van der Waals surface area contributed by atoms with Gasteiger partial charge in [-0.3, -0.25) is 4.99 Å². The second-order valence-corrected chi connectivity index (χ2v) is 6.54. The van der Waals surface area contributed by atoms with Crippen molar-refractivity contribution >= 4 is 29.2 Å². The van der Waals surface area contributed by atoms with E-state index in [2.05, 4.69) is 30.9 Å². The molecular weight excluding hydrogens is 370 g/mol. The highest BCUT2D eigenvalue weighted by Crippen LogP contribution is 2.29. The molecule has 0 spiro atoms. The van der Waals surface area contributed by atoms with E-state index in [9.17, 15) is 10.1 Å². The Morgan fingerprint density at radius 3 is 2.76 bits per heavy atom. The predicted molar refractivity (Wildman–Crippen MR) is 111 cm³/mol. The Morgan fingerprint density at radius 2 is 2.10 bits per heavy atom. The highest BCUT2D eigenvalue weighted by molar-refractivity contribution is 6.39. The number of carboxylic acid groups (broad SMARTS) is 1. The number of rotatable bonds is 6. The maximum atomic E-state index is 11.0. The maximum absolute atomic E-state index is 11.0. The predicted octanol–water partition coefficient (Wildman–Crippen LogP) is 2.15. The molecule has 0 saturated carbocycles. The molecule has 3 N–H and O–H groups in total. The number of hydrogen-bond acceptors (Lipinski definition) is 7. The lowest BCUT2D eigenvalue weighted by molar-refractivity contribution is -0.129. The first kappa shape index (κ1) is 19.9. The lowest BCUT2D eigenvalue weighted by atomic mass is 10.1. The van der Waals surface area contributed by atoms with Crippen LogP contribution in [0.3, 0.4) is 0 Å². The van der Waals surface area contributed by atoms with E-state index in [0.29, 0.717) is 11.3 Å². The highest BCUT2D eigenvalue weighted by atomic mass is 16.4. The molecule has 0 amide bonds. The normalized spacial score (nSPS) is 14.7. The zero-order valence-corrected chi connectivity index (χ0v) is 16.0. The van der Waals surface area contributed by atoms with Gasteiger partial charge in [0.1, 0.15) is 17.6 Å². The topological polar surface area (TPSA) is 141 Å². The van der Waals surface area contributed by atoms with E-state index in [-0.39, 0.29) is 23.9 Å². The first-order valence-corrected chi connectivity index (χ1v) is 9.16. The van der Waals surface area contributed by atoms with Crippen molar-refractivity contribution in [1.82, 2.24) is 9.97 Å². The van der Waals surface area contributed by atoms with E-state index >= 15 is 0 Å². The molecule has 2 heterocycles. The van der Waals surface area contributed by atoms with Gasteiger partial charge in [-0.15, -0.1) is 0 Å². The molecular formula is C20H21N7O2. The summed E-state index contributed by atoms with van der Waals surface area (Å²) in [5.41, 5.74) is 8.62. The van der Waals surface area contributed by atoms with Gasteiger partial charge < -0.3 is 15.7 Å². The Labute approximate surface area is 168 Å². The van der Waals surface area contributed by atoms with Gasteiger partial charge in [0.2, 0.25) is 0 Å². The Hall–Kier alpha value is -3.80. The number of anilines is 1. The van der Waals surface area contributed by atoms with Crippen molar-refractivity contribution in [3.63, 3.8) is 0 Å². The first-order chi connectivity index (χ1) is 14.0. The molecule has 0 aliphatic carbocycles. The summed E-state index contributed by atoms with van der Waals surface area (Å²) in [6.45, 7) is 1.91. The van der Waals surface area contributed by atoms with E-state index < -0.39 is 5.97 Å². The Bertz CT molecular complexity index is 1020. The van der Waals surface area contributed by atoms with Crippen LogP contribution in [0.2, 0.25) is 0 Å². The molecule has 0 atom stereocenters. The van der Waals surface area contributed by atoms with E-state index in [1.165, 1.54) is 7.05 Å². The van der Waals surface area contributed by atoms with E-state index in [1.807, 2.05) is 12.1 Å². The standard InChI is InChI=1S/C20H21N7O2/c1-23-16(19(28)29)11-18(22)26-20-24-7-6-15(25-20)13-4-5-17(14(10-13)12-21)27-8-2-3-9-27/h4-7,10H,2-3,8-9,11H2,1H3,(H,28,29)(H2,22,24,25,26). The molecule has 0 bridgehead atoms. The Morgan fingerprint density at radius 1 is 1.34 bits per heavy atom. The van der Waals surface area contributed by atoms with Crippen molar-refractivity contribution in [1.29, 1.82) is 5.26 Å². The number of aliphatic imine (C=N–C) groups is 2. The number of nitriles is 1. The number of aromatic nitrogens is 2. The van der Waals surface area contributed by atoms with Crippen LogP contribution < -0.4 is 10.6 Å². The van der Waals surface area contributed by atoms with Gasteiger partial charge in [-0.2, -0.15) is 10.3 Å². The van der Waals surface area contributed by atoms with Crippen molar-refractivity contribution in [2.75, 3.05) is 25.0 Å². The number of carbonyl (C=O) groups is 1. The zero-order chi connectivity index (χ0) is 20.8. The van der Waals surface area contributed by atoms with Crippen LogP contribution in [0.4, 0.5) is 11.6 Å². The fraction of sp³-hybridized carbons (Fsp3) is 0.300. The van der Waals surface area contributed by atoms with Crippen LogP contribution in [-0.4, -0.2) is 52.7 Å². The van der Waals surface area contributed by atoms with Crippen molar-refractivity contribution in [2.45, 2.75) is 19.3 Å². The summed E-state index contributed by atoms with van der Waals surface area (Å²) in [5, 5.41) is 18.6. The molecule has 148 valence electrons. The molecule has 0 radical (unpaired) electrons. The van der Waals surface area contributed by atoms with E-state index in [1.54, 1.807) is 18.3 Å². The van der Waals surface area contributed by atoms with Gasteiger partial charge in [-0.25, -0.2) is 14.8 Å². The number of nitrogens with zero attached hydrogens (tertiary/aromatic N) is 6. The number of amidine groups is 1. The van der Waals surface area contributed by atoms with Gasteiger partial charge >= 0.3 is 5.97 Å². The SMILES string of the molecule is CN=C(CC(N)=Nc1nccc(-c2ccc(N3CCCC3)c(C#N)c2)n1)C(=O)O. The minimum Gasteiger partial charge on any atom is -0.477 e. The van der Waals surface area contributed by atoms with Gasteiger partial charge in [-0.05, 0) is 31.0 Å².